The number of rotatable bonds is 9. The van der Waals surface area contributed by atoms with Gasteiger partial charge in [-0.2, -0.15) is 0 Å². The third-order valence-corrected chi connectivity index (χ3v) is 4.47. The third kappa shape index (κ3) is 6.30. The van der Waals surface area contributed by atoms with Crippen LogP contribution in [0.25, 0.3) is 0 Å². The molecule has 0 unspecified atom stereocenters. The van der Waals surface area contributed by atoms with Crippen molar-refractivity contribution in [1.29, 1.82) is 0 Å². The van der Waals surface area contributed by atoms with Crippen LogP contribution in [0.15, 0.2) is 29.2 Å². The van der Waals surface area contributed by atoms with E-state index < -0.39 is 27.0 Å². The summed E-state index contributed by atoms with van der Waals surface area (Å²) in [5.74, 6) is -0.481. The fraction of sp³-hybridized carbons (Fsp3) is 0.462. The Balaban J connectivity index is 2.79. The normalized spacial score (nSPS) is 12.6. The number of sulfonamides is 1. The van der Waals surface area contributed by atoms with Gasteiger partial charge in [0.1, 0.15) is 0 Å². The summed E-state index contributed by atoms with van der Waals surface area (Å²) in [4.78, 5) is 20.5. The molecular weight excluding hydrogens is 328 g/mol. The molecule has 0 radical (unpaired) electrons. The number of carbonyl (C=O) groups excluding carboxylic acids is 1. The molecule has 0 spiro atoms. The highest BCUT2D eigenvalue weighted by molar-refractivity contribution is 7.89. The molecular formula is C13H18N2O7S. The summed E-state index contributed by atoms with van der Waals surface area (Å²) < 4.78 is 31.6. The minimum Gasteiger partial charge on any atom is -0.466 e. The van der Waals surface area contributed by atoms with Crippen LogP contribution in [0.5, 0.6) is 0 Å². The lowest BCUT2D eigenvalue weighted by Crippen LogP contribution is -2.36. The molecule has 1 aromatic rings. The van der Waals surface area contributed by atoms with Crippen molar-refractivity contribution >= 4 is 21.7 Å². The maximum atomic E-state index is 12.2. The van der Waals surface area contributed by atoms with Crippen molar-refractivity contribution in [3.8, 4) is 0 Å². The molecule has 23 heavy (non-hydrogen) atoms. The Morgan fingerprint density at radius 3 is 2.43 bits per heavy atom. The summed E-state index contributed by atoms with van der Waals surface area (Å²) in [5.41, 5.74) is -0.217. The first kappa shape index (κ1) is 19.0. The molecule has 9 nitrogen and oxygen atoms in total. The van der Waals surface area contributed by atoms with E-state index in [9.17, 15) is 23.3 Å². The lowest BCUT2D eigenvalue weighted by Gasteiger charge is -2.17. The van der Waals surface area contributed by atoms with E-state index in [1.54, 1.807) is 0 Å². The van der Waals surface area contributed by atoms with E-state index in [-0.39, 0.29) is 36.6 Å². The molecule has 10 heteroatoms. The highest BCUT2D eigenvalue weighted by Gasteiger charge is 2.21. The number of nitro benzene ring substituents is 1. The molecule has 2 N–H and O–H groups in total. The maximum absolute atomic E-state index is 12.2. The van der Waals surface area contributed by atoms with E-state index in [4.69, 9.17) is 9.84 Å². The van der Waals surface area contributed by atoms with E-state index >= 15 is 0 Å². The third-order valence-electron chi connectivity index (χ3n) is 2.93. The van der Waals surface area contributed by atoms with Gasteiger partial charge in [-0.05, 0) is 25.0 Å². The van der Waals surface area contributed by atoms with Crippen LogP contribution in [0.1, 0.15) is 19.8 Å². The Morgan fingerprint density at radius 2 is 1.96 bits per heavy atom. The second kappa shape index (κ2) is 8.56. The van der Waals surface area contributed by atoms with Crippen LogP contribution in [-0.2, 0) is 19.6 Å². The van der Waals surface area contributed by atoms with Gasteiger partial charge in [-0.15, -0.1) is 0 Å². The van der Waals surface area contributed by atoms with Crippen LogP contribution in [-0.4, -0.2) is 43.7 Å². The standard InChI is InChI=1S/C13H18N2O7S/c1-10(17)22-9-7-11(6-8-16)14-23(20,21)13-4-2-12(3-5-13)15(18)19/h2-5,11,14,16H,6-9H2,1H3/t11-/m0/s1. The van der Waals surface area contributed by atoms with Crippen molar-refractivity contribution in [2.24, 2.45) is 0 Å². The number of nitro groups is 1. The summed E-state index contributed by atoms with van der Waals surface area (Å²) in [6, 6.07) is 3.81. The van der Waals surface area contributed by atoms with Crippen LogP contribution in [0.2, 0.25) is 0 Å². The number of aliphatic hydroxyl groups is 1. The van der Waals surface area contributed by atoms with Gasteiger partial charge in [-0.25, -0.2) is 13.1 Å². The number of non-ortho nitro benzene ring substituents is 1. The number of nitrogens with one attached hydrogen (secondary N) is 1. The molecule has 1 atom stereocenters. The quantitative estimate of drug-likeness (QED) is 0.379. The molecule has 1 aromatic carbocycles. The molecule has 0 fully saturated rings. The van der Waals surface area contributed by atoms with Gasteiger partial charge in [-0.3, -0.25) is 14.9 Å². The molecule has 0 aliphatic heterocycles. The summed E-state index contributed by atoms with van der Waals surface area (Å²) in [7, 11) is -3.90. The van der Waals surface area contributed by atoms with Gasteiger partial charge in [0.25, 0.3) is 5.69 Å². The van der Waals surface area contributed by atoms with Crippen LogP contribution in [0.3, 0.4) is 0 Å². The predicted molar refractivity (Wildman–Crippen MR) is 80.2 cm³/mol. The maximum Gasteiger partial charge on any atom is 0.302 e. The molecule has 0 saturated heterocycles. The zero-order chi connectivity index (χ0) is 17.5. The fourth-order valence-electron chi connectivity index (χ4n) is 1.80. The van der Waals surface area contributed by atoms with E-state index in [2.05, 4.69) is 4.72 Å². The topological polar surface area (TPSA) is 136 Å². The van der Waals surface area contributed by atoms with Crippen LogP contribution in [0.4, 0.5) is 5.69 Å². The number of benzene rings is 1. The van der Waals surface area contributed by atoms with E-state index in [1.165, 1.54) is 6.92 Å². The largest absolute Gasteiger partial charge is 0.466 e. The van der Waals surface area contributed by atoms with Gasteiger partial charge in [0.15, 0.2) is 0 Å². The molecule has 0 amide bonds. The minimum atomic E-state index is -3.90. The number of hydrogen-bond acceptors (Lipinski definition) is 7. The van der Waals surface area contributed by atoms with Crippen LogP contribution < -0.4 is 4.72 Å². The molecule has 0 saturated carbocycles. The summed E-state index contributed by atoms with van der Waals surface area (Å²) >= 11 is 0. The average molecular weight is 346 g/mol. The van der Waals surface area contributed by atoms with Crippen molar-refractivity contribution in [2.45, 2.75) is 30.7 Å². The summed E-state index contributed by atoms with van der Waals surface area (Å²) in [5, 5.41) is 19.6. The number of hydrogen-bond donors (Lipinski definition) is 2. The van der Waals surface area contributed by atoms with Crippen molar-refractivity contribution in [3.05, 3.63) is 34.4 Å². The van der Waals surface area contributed by atoms with Crippen molar-refractivity contribution in [3.63, 3.8) is 0 Å². The Bertz CT molecular complexity index is 643. The molecule has 0 aromatic heterocycles. The zero-order valence-electron chi connectivity index (χ0n) is 12.5. The van der Waals surface area contributed by atoms with Gasteiger partial charge in [0, 0.05) is 31.7 Å². The highest BCUT2D eigenvalue weighted by Crippen LogP contribution is 2.16. The van der Waals surface area contributed by atoms with Gasteiger partial charge in [0.2, 0.25) is 10.0 Å². The zero-order valence-corrected chi connectivity index (χ0v) is 13.3. The molecule has 1 rings (SSSR count). The monoisotopic (exact) mass is 346 g/mol. The number of nitrogens with zero attached hydrogens (tertiary/aromatic N) is 1. The van der Waals surface area contributed by atoms with Crippen LogP contribution >= 0.6 is 0 Å². The summed E-state index contributed by atoms with van der Waals surface area (Å²) in [6.07, 6.45) is 0.347. The first-order chi connectivity index (χ1) is 10.8. The SMILES string of the molecule is CC(=O)OCC[C@H](CCO)NS(=O)(=O)c1ccc([N+](=O)[O-])cc1. The smallest absolute Gasteiger partial charge is 0.302 e. The number of ether oxygens (including phenoxy) is 1. The number of aliphatic hydroxyl groups excluding tert-OH is 1. The molecule has 0 aliphatic rings. The van der Waals surface area contributed by atoms with Gasteiger partial charge in [-0.1, -0.05) is 0 Å². The average Bonchev–Trinajstić information content (AvgIpc) is 2.46. The second-order valence-electron chi connectivity index (χ2n) is 4.71. The number of esters is 1. The first-order valence-corrected chi connectivity index (χ1v) is 8.25. The Morgan fingerprint density at radius 1 is 1.35 bits per heavy atom. The van der Waals surface area contributed by atoms with Crippen molar-refractivity contribution in [1.82, 2.24) is 4.72 Å². The molecule has 0 aliphatic carbocycles. The van der Waals surface area contributed by atoms with Gasteiger partial charge >= 0.3 is 5.97 Å². The molecule has 0 heterocycles. The minimum absolute atomic E-state index is 0.0166. The first-order valence-electron chi connectivity index (χ1n) is 6.77. The van der Waals surface area contributed by atoms with Crippen molar-refractivity contribution < 1.29 is 28.0 Å². The van der Waals surface area contributed by atoms with E-state index in [1.807, 2.05) is 0 Å². The van der Waals surface area contributed by atoms with E-state index in [0.29, 0.717) is 0 Å². The lowest BCUT2D eigenvalue weighted by atomic mass is 10.2. The van der Waals surface area contributed by atoms with E-state index in [0.717, 1.165) is 24.3 Å². The Hall–Kier alpha value is -2.04. The molecule has 128 valence electrons. The molecule has 0 bridgehead atoms. The Kier molecular flexibility index (Phi) is 7.07. The second-order valence-corrected chi connectivity index (χ2v) is 6.42. The van der Waals surface area contributed by atoms with Crippen LogP contribution in [0, 0.1) is 10.1 Å². The number of carbonyl (C=O) groups is 1. The highest BCUT2D eigenvalue weighted by atomic mass is 32.2. The Labute approximate surface area is 133 Å². The fourth-order valence-corrected chi connectivity index (χ4v) is 3.10. The predicted octanol–water partition coefficient (Wildman–Crippen LogP) is 0.577. The lowest BCUT2D eigenvalue weighted by molar-refractivity contribution is -0.384. The van der Waals surface area contributed by atoms with Gasteiger partial charge < -0.3 is 9.84 Å². The van der Waals surface area contributed by atoms with Gasteiger partial charge in [0.05, 0.1) is 16.4 Å². The van der Waals surface area contributed by atoms with Crippen molar-refractivity contribution in [2.75, 3.05) is 13.2 Å². The summed E-state index contributed by atoms with van der Waals surface area (Å²) in [6.45, 7) is 1.01.